The van der Waals surface area contributed by atoms with Crippen molar-refractivity contribution >= 4 is 16.0 Å². The SMILES string of the molecule is CC1(O)CCCC1Oc1nc(NC2CCN(S(=O)(=O)CC(F)(F)F)CC2)ncc1C#N. The summed E-state index contributed by atoms with van der Waals surface area (Å²) in [6.45, 7) is 1.55. The largest absolute Gasteiger partial charge is 0.470 e. The zero-order chi connectivity index (χ0) is 22.9. The first-order chi connectivity index (χ1) is 14.4. The van der Waals surface area contributed by atoms with Crippen LogP contribution in [0.5, 0.6) is 5.88 Å². The van der Waals surface area contributed by atoms with Crippen LogP contribution in [-0.4, -0.2) is 70.6 Å². The lowest BCUT2D eigenvalue weighted by Crippen LogP contribution is -2.45. The molecule has 1 aliphatic heterocycles. The van der Waals surface area contributed by atoms with Crippen molar-refractivity contribution in [2.24, 2.45) is 0 Å². The summed E-state index contributed by atoms with van der Waals surface area (Å²) in [6.07, 6.45) is -1.49. The molecule has 2 fully saturated rings. The molecule has 2 aliphatic rings. The van der Waals surface area contributed by atoms with Crippen LogP contribution in [0.1, 0.15) is 44.6 Å². The molecule has 1 saturated heterocycles. The molecule has 3 rings (SSSR count). The lowest BCUT2D eigenvalue weighted by molar-refractivity contribution is -0.107. The van der Waals surface area contributed by atoms with Gasteiger partial charge in [0.2, 0.25) is 21.9 Å². The first-order valence-electron chi connectivity index (χ1n) is 9.87. The molecule has 2 N–H and O–H groups in total. The van der Waals surface area contributed by atoms with Crippen molar-refractivity contribution < 1.29 is 31.4 Å². The van der Waals surface area contributed by atoms with Gasteiger partial charge in [0.25, 0.3) is 0 Å². The fourth-order valence-electron chi connectivity index (χ4n) is 3.80. The number of aliphatic hydroxyl groups is 1. The number of hydrogen-bond donors (Lipinski definition) is 2. The first kappa shape index (κ1) is 23.5. The standard InChI is InChI=1S/C18H24F3N5O4S/c1-17(27)6-2-3-14(17)30-15-12(9-22)10-23-16(25-15)24-13-4-7-26(8-5-13)31(28,29)11-18(19,20)21/h10,13-14,27H,2-8,11H2,1H3,(H,23,24,25). The van der Waals surface area contributed by atoms with E-state index in [-0.39, 0.29) is 49.4 Å². The van der Waals surface area contributed by atoms with Gasteiger partial charge in [-0.15, -0.1) is 0 Å². The zero-order valence-electron chi connectivity index (χ0n) is 16.9. The molecule has 13 heteroatoms. The van der Waals surface area contributed by atoms with Gasteiger partial charge in [-0.25, -0.2) is 17.7 Å². The topological polar surface area (TPSA) is 128 Å². The Hall–Kier alpha value is -2.17. The van der Waals surface area contributed by atoms with Gasteiger partial charge in [-0.3, -0.25) is 0 Å². The van der Waals surface area contributed by atoms with Crippen LogP contribution in [0, 0.1) is 11.3 Å². The highest BCUT2D eigenvalue weighted by Gasteiger charge is 2.40. The maximum atomic E-state index is 12.5. The second kappa shape index (κ2) is 8.76. The number of nitrogens with zero attached hydrogens (tertiary/aromatic N) is 4. The van der Waals surface area contributed by atoms with Crippen LogP contribution in [0.25, 0.3) is 0 Å². The van der Waals surface area contributed by atoms with Gasteiger partial charge >= 0.3 is 6.18 Å². The number of nitriles is 1. The minimum absolute atomic E-state index is 0.0392. The van der Waals surface area contributed by atoms with Gasteiger partial charge in [-0.2, -0.15) is 23.4 Å². The second-order valence-corrected chi connectivity index (χ2v) is 10.0. The fourth-order valence-corrected chi connectivity index (χ4v) is 5.16. The van der Waals surface area contributed by atoms with Crippen molar-refractivity contribution in [1.29, 1.82) is 5.26 Å². The van der Waals surface area contributed by atoms with Gasteiger partial charge in [0, 0.05) is 19.1 Å². The number of rotatable bonds is 6. The molecule has 0 amide bonds. The van der Waals surface area contributed by atoms with E-state index in [1.165, 1.54) is 6.20 Å². The van der Waals surface area contributed by atoms with E-state index in [1.54, 1.807) is 6.92 Å². The molecule has 2 atom stereocenters. The quantitative estimate of drug-likeness (QED) is 0.654. The van der Waals surface area contributed by atoms with Crippen LogP contribution in [-0.2, 0) is 10.0 Å². The number of anilines is 1. The predicted octanol–water partition coefficient (Wildman–Crippen LogP) is 1.80. The Morgan fingerprint density at radius 2 is 2.06 bits per heavy atom. The Morgan fingerprint density at radius 1 is 1.39 bits per heavy atom. The van der Waals surface area contributed by atoms with Crippen LogP contribution in [0.4, 0.5) is 19.1 Å². The van der Waals surface area contributed by atoms with E-state index in [9.17, 15) is 32.0 Å². The smallest absolute Gasteiger partial charge is 0.404 e. The summed E-state index contributed by atoms with van der Waals surface area (Å²) >= 11 is 0. The van der Waals surface area contributed by atoms with Crippen LogP contribution in [0.2, 0.25) is 0 Å². The Labute approximate surface area is 178 Å². The maximum absolute atomic E-state index is 12.5. The van der Waals surface area contributed by atoms with Crippen LogP contribution in [0.15, 0.2) is 6.20 Å². The highest BCUT2D eigenvalue weighted by Crippen LogP contribution is 2.33. The number of aromatic nitrogens is 2. The average molecular weight is 463 g/mol. The Morgan fingerprint density at radius 3 is 2.61 bits per heavy atom. The van der Waals surface area contributed by atoms with Crippen LogP contribution in [0.3, 0.4) is 0 Å². The second-order valence-electron chi connectivity index (χ2n) is 8.07. The van der Waals surface area contributed by atoms with Gasteiger partial charge in [-0.05, 0) is 39.0 Å². The summed E-state index contributed by atoms with van der Waals surface area (Å²) in [6, 6.07) is 1.69. The molecule has 31 heavy (non-hydrogen) atoms. The van der Waals surface area contributed by atoms with Crippen molar-refractivity contribution in [3.05, 3.63) is 11.8 Å². The third kappa shape index (κ3) is 5.96. The molecule has 0 aromatic carbocycles. The van der Waals surface area contributed by atoms with Gasteiger partial charge in [-0.1, -0.05) is 0 Å². The van der Waals surface area contributed by atoms with Gasteiger partial charge < -0.3 is 15.2 Å². The maximum Gasteiger partial charge on any atom is 0.404 e. The summed E-state index contributed by atoms with van der Waals surface area (Å²) in [5.74, 6) is -1.68. The summed E-state index contributed by atoms with van der Waals surface area (Å²) < 4.78 is 67.9. The van der Waals surface area contributed by atoms with E-state index in [4.69, 9.17) is 4.74 Å². The van der Waals surface area contributed by atoms with Gasteiger partial charge in [0.15, 0.2) is 5.75 Å². The lowest BCUT2D eigenvalue weighted by Gasteiger charge is -2.32. The molecule has 2 heterocycles. The number of alkyl halides is 3. The van der Waals surface area contributed by atoms with Crippen molar-refractivity contribution in [2.75, 3.05) is 24.2 Å². The van der Waals surface area contributed by atoms with E-state index < -0.39 is 33.7 Å². The summed E-state index contributed by atoms with van der Waals surface area (Å²) in [4.78, 5) is 8.29. The third-order valence-electron chi connectivity index (χ3n) is 5.50. The minimum Gasteiger partial charge on any atom is -0.470 e. The summed E-state index contributed by atoms with van der Waals surface area (Å²) in [7, 11) is -4.41. The monoisotopic (exact) mass is 463 g/mol. The van der Waals surface area contributed by atoms with Crippen LogP contribution >= 0.6 is 0 Å². The van der Waals surface area contributed by atoms with Crippen LogP contribution < -0.4 is 10.1 Å². The van der Waals surface area contributed by atoms with E-state index in [2.05, 4.69) is 15.3 Å². The molecule has 172 valence electrons. The Bertz CT molecular complexity index is 940. The van der Waals surface area contributed by atoms with E-state index >= 15 is 0 Å². The van der Waals surface area contributed by atoms with Crippen molar-refractivity contribution in [1.82, 2.24) is 14.3 Å². The molecule has 2 unspecified atom stereocenters. The van der Waals surface area contributed by atoms with Gasteiger partial charge in [0.05, 0.1) is 11.8 Å². The normalized spacial score (nSPS) is 25.9. The van der Waals surface area contributed by atoms with E-state index in [0.717, 1.165) is 10.7 Å². The molecule has 1 aromatic heterocycles. The number of ether oxygens (including phenoxy) is 1. The van der Waals surface area contributed by atoms with E-state index in [0.29, 0.717) is 12.8 Å². The summed E-state index contributed by atoms with van der Waals surface area (Å²) in [5.41, 5.74) is -0.915. The zero-order valence-corrected chi connectivity index (χ0v) is 17.7. The van der Waals surface area contributed by atoms with Crippen molar-refractivity contribution in [3.63, 3.8) is 0 Å². The lowest BCUT2D eigenvalue weighted by atomic mass is 10.0. The Kier molecular flexibility index (Phi) is 6.64. The first-order valence-corrected chi connectivity index (χ1v) is 11.5. The molecule has 9 nitrogen and oxygen atoms in total. The van der Waals surface area contributed by atoms with Gasteiger partial charge in [0.1, 0.15) is 17.7 Å². The fraction of sp³-hybridized carbons (Fsp3) is 0.722. The highest BCUT2D eigenvalue weighted by molar-refractivity contribution is 7.89. The number of piperidine rings is 1. The average Bonchev–Trinajstić information content (AvgIpc) is 2.99. The number of halogens is 3. The number of nitrogens with one attached hydrogen (secondary N) is 1. The molecule has 1 saturated carbocycles. The molecule has 0 bridgehead atoms. The summed E-state index contributed by atoms with van der Waals surface area (Å²) in [5, 5.41) is 22.7. The highest BCUT2D eigenvalue weighted by atomic mass is 32.2. The molecule has 0 spiro atoms. The van der Waals surface area contributed by atoms with Crippen molar-refractivity contribution in [3.8, 4) is 11.9 Å². The predicted molar refractivity (Wildman–Crippen MR) is 104 cm³/mol. The molecular formula is C18H24F3N5O4S. The minimum atomic E-state index is -4.79. The molecular weight excluding hydrogens is 439 g/mol. The Balaban J connectivity index is 1.63. The van der Waals surface area contributed by atoms with E-state index in [1.807, 2.05) is 6.07 Å². The third-order valence-corrected chi connectivity index (χ3v) is 7.34. The molecule has 0 radical (unpaired) electrons. The van der Waals surface area contributed by atoms with Crippen molar-refractivity contribution in [2.45, 2.75) is 63.0 Å². The molecule has 1 aliphatic carbocycles. The number of hydrogen-bond acceptors (Lipinski definition) is 8. The molecule has 1 aromatic rings. The number of sulfonamides is 1.